The summed E-state index contributed by atoms with van der Waals surface area (Å²) in [7, 11) is 1.72. The van der Waals surface area contributed by atoms with E-state index in [-0.39, 0.29) is 12.3 Å². The number of hydrogen-bond acceptors (Lipinski definition) is 5. The molecule has 30 heavy (non-hydrogen) atoms. The van der Waals surface area contributed by atoms with Crippen molar-refractivity contribution in [2.75, 3.05) is 13.6 Å². The van der Waals surface area contributed by atoms with E-state index in [0.717, 1.165) is 25.0 Å². The number of rotatable bonds is 12. The standard InChI is InChI=1S/C22H39N5O3/c1-3-4-12-27(2)22(30)20(19(28)11-10-16-8-6-5-7-9-16)26-21(29)18(23)13-17-14-24-15-25-17/h14-16,18-20,28H,3-13,23H2,1-2H3,(H,24,25)(H,26,29)/t18-,19?,20?/m0/s1. The Morgan fingerprint density at radius 1 is 1.37 bits per heavy atom. The van der Waals surface area contributed by atoms with Crippen LogP contribution in [0.15, 0.2) is 12.5 Å². The first kappa shape index (κ1) is 24.3. The zero-order valence-corrected chi connectivity index (χ0v) is 18.5. The molecule has 1 aromatic rings. The molecule has 2 rings (SSSR count). The summed E-state index contributed by atoms with van der Waals surface area (Å²) in [5.74, 6) is -0.106. The molecule has 1 heterocycles. The minimum atomic E-state index is -0.976. The summed E-state index contributed by atoms with van der Waals surface area (Å²) >= 11 is 0. The fourth-order valence-corrected chi connectivity index (χ4v) is 4.10. The summed E-state index contributed by atoms with van der Waals surface area (Å²) in [6.45, 7) is 2.66. The summed E-state index contributed by atoms with van der Waals surface area (Å²) in [5, 5.41) is 13.6. The van der Waals surface area contributed by atoms with Gasteiger partial charge in [-0.05, 0) is 25.2 Å². The number of unbranched alkanes of at least 4 members (excludes halogenated alkanes) is 1. The number of amides is 2. The Bertz CT molecular complexity index is 631. The van der Waals surface area contributed by atoms with Gasteiger partial charge >= 0.3 is 0 Å². The number of aliphatic hydroxyl groups is 1. The highest BCUT2D eigenvalue weighted by Crippen LogP contribution is 2.28. The minimum absolute atomic E-state index is 0.262. The van der Waals surface area contributed by atoms with Gasteiger partial charge in [-0.15, -0.1) is 0 Å². The van der Waals surface area contributed by atoms with Crippen molar-refractivity contribution in [3.05, 3.63) is 18.2 Å². The molecule has 170 valence electrons. The largest absolute Gasteiger partial charge is 0.390 e. The molecule has 1 saturated carbocycles. The summed E-state index contributed by atoms with van der Waals surface area (Å²) in [6.07, 6.45) is 11.9. The highest BCUT2D eigenvalue weighted by molar-refractivity contribution is 5.90. The van der Waals surface area contributed by atoms with Gasteiger partial charge in [0.15, 0.2) is 0 Å². The maximum Gasteiger partial charge on any atom is 0.247 e. The number of aromatic nitrogens is 2. The van der Waals surface area contributed by atoms with Crippen LogP contribution in [0.5, 0.6) is 0 Å². The second-order valence-corrected chi connectivity index (χ2v) is 8.64. The number of carbonyl (C=O) groups is 2. The molecule has 1 fully saturated rings. The van der Waals surface area contributed by atoms with Gasteiger partial charge in [0.25, 0.3) is 0 Å². The van der Waals surface area contributed by atoms with Gasteiger partial charge in [-0.2, -0.15) is 0 Å². The second-order valence-electron chi connectivity index (χ2n) is 8.64. The monoisotopic (exact) mass is 421 g/mol. The van der Waals surface area contributed by atoms with Gasteiger partial charge in [-0.25, -0.2) is 4.98 Å². The molecule has 8 heteroatoms. The van der Waals surface area contributed by atoms with Gasteiger partial charge < -0.3 is 26.0 Å². The number of hydrogen-bond donors (Lipinski definition) is 4. The van der Waals surface area contributed by atoms with Gasteiger partial charge in [0.05, 0.1) is 18.5 Å². The van der Waals surface area contributed by atoms with Crippen LogP contribution in [-0.2, 0) is 16.0 Å². The Morgan fingerprint density at radius 3 is 2.73 bits per heavy atom. The van der Waals surface area contributed by atoms with Gasteiger partial charge in [-0.1, -0.05) is 45.4 Å². The smallest absolute Gasteiger partial charge is 0.247 e. The average Bonchev–Trinajstić information content (AvgIpc) is 3.27. The van der Waals surface area contributed by atoms with Crippen molar-refractivity contribution < 1.29 is 14.7 Å². The highest BCUT2D eigenvalue weighted by Gasteiger charge is 2.32. The highest BCUT2D eigenvalue weighted by atomic mass is 16.3. The molecule has 3 atom stereocenters. The van der Waals surface area contributed by atoms with Crippen molar-refractivity contribution in [3.8, 4) is 0 Å². The predicted molar refractivity (Wildman–Crippen MR) is 117 cm³/mol. The molecule has 0 spiro atoms. The lowest BCUT2D eigenvalue weighted by Crippen LogP contribution is -2.57. The molecule has 0 aliphatic heterocycles. The van der Waals surface area contributed by atoms with Crippen molar-refractivity contribution in [1.29, 1.82) is 0 Å². The average molecular weight is 422 g/mol. The van der Waals surface area contributed by atoms with E-state index in [1.165, 1.54) is 38.4 Å². The molecule has 1 aromatic heterocycles. The van der Waals surface area contributed by atoms with Crippen molar-refractivity contribution in [3.63, 3.8) is 0 Å². The van der Waals surface area contributed by atoms with Crippen LogP contribution >= 0.6 is 0 Å². The normalized spacial score (nSPS) is 17.9. The number of imidazole rings is 1. The van der Waals surface area contributed by atoms with Crippen LogP contribution in [0.1, 0.15) is 70.4 Å². The van der Waals surface area contributed by atoms with Crippen LogP contribution in [-0.4, -0.2) is 63.6 Å². The zero-order valence-electron chi connectivity index (χ0n) is 18.5. The third-order valence-corrected chi connectivity index (χ3v) is 6.10. The summed E-state index contributed by atoms with van der Waals surface area (Å²) in [4.78, 5) is 34.1. The molecule has 2 amide bonds. The van der Waals surface area contributed by atoms with Crippen LogP contribution in [0.25, 0.3) is 0 Å². The van der Waals surface area contributed by atoms with Crippen LogP contribution in [0, 0.1) is 5.92 Å². The molecule has 5 N–H and O–H groups in total. The summed E-state index contributed by atoms with van der Waals surface area (Å²) in [6, 6.07) is -1.80. The Hall–Kier alpha value is -1.93. The molecular formula is C22H39N5O3. The molecule has 1 aliphatic rings. The third kappa shape index (κ3) is 7.72. The number of nitrogens with two attached hydrogens (primary N) is 1. The Labute approximate surface area is 180 Å². The number of likely N-dealkylation sites (N-methyl/N-ethyl adjacent to an activating group) is 1. The molecule has 0 bridgehead atoms. The lowest BCUT2D eigenvalue weighted by Gasteiger charge is -2.30. The topological polar surface area (TPSA) is 124 Å². The number of nitrogens with one attached hydrogen (secondary N) is 2. The molecule has 2 unspecified atom stereocenters. The number of nitrogens with zero attached hydrogens (tertiary/aromatic N) is 2. The molecule has 0 aromatic carbocycles. The van der Waals surface area contributed by atoms with Crippen molar-refractivity contribution in [2.24, 2.45) is 11.7 Å². The van der Waals surface area contributed by atoms with E-state index in [1.54, 1.807) is 18.1 Å². The van der Waals surface area contributed by atoms with E-state index in [0.29, 0.717) is 18.9 Å². The van der Waals surface area contributed by atoms with Crippen molar-refractivity contribution in [2.45, 2.75) is 89.3 Å². The maximum absolute atomic E-state index is 13.0. The summed E-state index contributed by atoms with van der Waals surface area (Å²) < 4.78 is 0. The van der Waals surface area contributed by atoms with Gasteiger partial charge in [0.2, 0.25) is 11.8 Å². The maximum atomic E-state index is 13.0. The molecule has 0 saturated heterocycles. The number of carbonyl (C=O) groups excluding carboxylic acids is 2. The lowest BCUT2D eigenvalue weighted by molar-refractivity contribution is -0.139. The fraction of sp³-hybridized carbons (Fsp3) is 0.773. The van der Waals surface area contributed by atoms with Gasteiger partial charge in [0.1, 0.15) is 6.04 Å². The number of H-pyrrole nitrogens is 1. The van der Waals surface area contributed by atoms with Gasteiger partial charge in [-0.3, -0.25) is 9.59 Å². The lowest BCUT2D eigenvalue weighted by atomic mass is 9.85. The predicted octanol–water partition coefficient (Wildman–Crippen LogP) is 1.74. The third-order valence-electron chi connectivity index (χ3n) is 6.10. The molecular weight excluding hydrogens is 382 g/mol. The van der Waals surface area contributed by atoms with Crippen molar-refractivity contribution >= 4 is 11.8 Å². The molecule has 0 radical (unpaired) electrons. The second kappa shape index (κ2) is 12.7. The van der Waals surface area contributed by atoms with E-state index in [9.17, 15) is 14.7 Å². The summed E-state index contributed by atoms with van der Waals surface area (Å²) in [5.41, 5.74) is 6.79. The molecule has 8 nitrogen and oxygen atoms in total. The van der Waals surface area contributed by atoms with E-state index in [1.807, 2.05) is 0 Å². The Balaban J connectivity index is 1.99. The Morgan fingerprint density at radius 2 is 2.10 bits per heavy atom. The van der Waals surface area contributed by atoms with Crippen LogP contribution in [0.4, 0.5) is 0 Å². The van der Waals surface area contributed by atoms with E-state index >= 15 is 0 Å². The van der Waals surface area contributed by atoms with Crippen LogP contribution in [0.3, 0.4) is 0 Å². The van der Waals surface area contributed by atoms with Crippen molar-refractivity contribution in [1.82, 2.24) is 20.2 Å². The minimum Gasteiger partial charge on any atom is -0.390 e. The quantitative estimate of drug-likeness (QED) is 0.409. The van der Waals surface area contributed by atoms with Gasteiger partial charge in [0, 0.05) is 31.9 Å². The van der Waals surface area contributed by atoms with E-state index in [4.69, 9.17) is 5.73 Å². The first-order valence-electron chi connectivity index (χ1n) is 11.4. The fourth-order valence-electron chi connectivity index (χ4n) is 4.10. The first-order chi connectivity index (χ1) is 14.4. The van der Waals surface area contributed by atoms with Crippen LogP contribution < -0.4 is 11.1 Å². The number of aromatic amines is 1. The van der Waals surface area contributed by atoms with Crippen LogP contribution in [0.2, 0.25) is 0 Å². The van der Waals surface area contributed by atoms with E-state index < -0.39 is 24.1 Å². The van der Waals surface area contributed by atoms with E-state index in [2.05, 4.69) is 22.2 Å². The number of aliphatic hydroxyl groups excluding tert-OH is 1. The zero-order chi connectivity index (χ0) is 21.9. The Kier molecular flexibility index (Phi) is 10.3. The first-order valence-corrected chi connectivity index (χ1v) is 11.4. The molecule has 1 aliphatic carbocycles. The SMILES string of the molecule is CCCCN(C)C(=O)C(NC(=O)[C@@H](N)Cc1cnc[nH]1)C(O)CCC1CCCCC1.